The molecule has 0 atom stereocenters. The molecule has 1 amide bonds. The predicted octanol–water partition coefficient (Wildman–Crippen LogP) is 2.83. The fourth-order valence-electron chi connectivity index (χ4n) is 1.87. The van der Waals surface area contributed by atoms with E-state index >= 15 is 0 Å². The normalized spacial score (nSPS) is 10.2. The molecule has 0 fully saturated rings. The molecule has 0 aliphatic heterocycles. The van der Waals surface area contributed by atoms with E-state index in [-0.39, 0.29) is 10.6 Å². The second-order valence-electron chi connectivity index (χ2n) is 4.67. The summed E-state index contributed by atoms with van der Waals surface area (Å²) in [6, 6.07) is 7.42. The number of amides is 1. The van der Waals surface area contributed by atoms with E-state index in [1.165, 1.54) is 6.07 Å². The van der Waals surface area contributed by atoms with Crippen molar-refractivity contribution in [3.63, 3.8) is 0 Å². The summed E-state index contributed by atoms with van der Waals surface area (Å²) < 4.78 is 4.81. The van der Waals surface area contributed by atoms with Gasteiger partial charge < -0.3 is 10.1 Å². The zero-order valence-corrected chi connectivity index (χ0v) is 13.9. The molecule has 0 radical (unpaired) electrons. The third-order valence-corrected chi connectivity index (χ3v) is 4.15. The highest BCUT2D eigenvalue weighted by molar-refractivity contribution is 7.09. The Hall–Kier alpha value is -2.45. The van der Waals surface area contributed by atoms with Gasteiger partial charge in [0.2, 0.25) is 0 Å². The zero-order chi connectivity index (χ0) is 17.5. The maximum atomic E-state index is 11.9. The molecule has 0 aliphatic carbocycles. The Morgan fingerprint density at radius 2 is 2.12 bits per heavy atom. The first-order valence-electron chi connectivity index (χ1n) is 6.87. The lowest BCUT2D eigenvalue weighted by atomic mass is 10.2. The first kappa shape index (κ1) is 17.9. The number of nitro benzene ring substituents is 1. The highest BCUT2D eigenvalue weighted by Crippen LogP contribution is 2.23. The Balaban J connectivity index is 1.85. The van der Waals surface area contributed by atoms with Crippen LogP contribution in [0.2, 0.25) is 5.02 Å². The second-order valence-corrected chi connectivity index (χ2v) is 6.14. The number of rotatable bonds is 7. The second kappa shape index (κ2) is 8.42. The lowest BCUT2D eigenvalue weighted by Crippen LogP contribution is -2.30. The van der Waals surface area contributed by atoms with E-state index < -0.39 is 29.1 Å². The Labute approximate surface area is 146 Å². The van der Waals surface area contributed by atoms with Gasteiger partial charge in [-0.15, -0.1) is 11.3 Å². The van der Waals surface area contributed by atoms with Crippen LogP contribution in [0.5, 0.6) is 0 Å². The van der Waals surface area contributed by atoms with Gasteiger partial charge in [-0.25, -0.2) is 4.79 Å². The Morgan fingerprint density at radius 1 is 1.33 bits per heavy atom. The summed E-state index contributed by atoms with van der Waals surface area (Å²) in [5.74, 6) is -1.46. The van der Waals surface area contributed by atoms with Crippen molar-refractivity contribution in [1.29, 1.82) is 0 Å². The monoisotopic (exact) mass is 368 g/mol. The first-order chi connectivity index (χ1) is 11.5. The lowest BCUT2D eigenvalue weighted by Gasteiger charge is -2.07. The summed E-state index contributed by atoms with van der Waals surface area (Å²) in [5.41, 5.74) is -0.721. The van der Waals surface area contributed by atoms with Crippen LogP contribution >= 0.6 is 22.9 Å². The fourth-order valence-corrected chi connectivity index (χ4v) is 2.75. The van der Waals surface area contributed by atoms with Gasteiger partial charge in [-0.3, -0.25) is 14.9 Å². The predicted molar refractivity (Wildman–Crippen MR) is 89.4 cm³/mol. The van der Waals surface area contributed by atoms with Crippen molar-refractivity contribution in [2.45, 2.75) is 6.42 Å². The molecule has 9 heteroatoms. The molecular formula is C15H13ClN2O5S. The SMILES string of the molecule is O=C(COC(=O)c1cc(Cl)ccc1[N+](=O)[O-])NCCc1cccs1. The standard InChI is InChI=1S/C15H13ClN2O5S/c16-10-3-4-13(18(21)22)12(8-10)15(20)23-9-14(19)17-6-5-11-2-1-7-24-11/h1-4,7-8H,5-6,9H2,(H,17,19). The quantitative estimate of drug-likeness (QED) is 0.460. The molecule has 0 aliphatic rings. The number of halogens is 1. The van der Waals surface area contributed by atoms with Crippen molar-refractivity contribution in [3.05, 3.63) is 61.3 Å². The molecule has 1 N–H and O–H groups in total. The van der Waals surface area contributed by atoms with Crippen molar-refractivity contribution in [1.82, 2.24) is 5.32 Å². The van der Waals surface area contributed by atoms with Gasteiger partial charge in [0.15, 0.2) is 6.61 Å². The number of ether oxygens (including phenoxy) is 1. The number of hydrogen-bond acceptors (Lipinski definition) is 6. The highest BCUT2D eigenvalue weighted by atomic mass is 35.5. The molecule has 2 aromatic rings. The number of nitrogens with zero attached hydrogens (tertiary/aromatic N) is 1. The van der Waals surface area contributed by atoms with Gasteiger partial charge in [0.1, 0.15) is 5.56 Å². The van der Waals surface area contributed by atoms with Gasteiger partial charge in [-0.05, 0) is 30.0 Å². The summed E-state index contributed by atoms with van der Waals surface area (Å²) in [7, 11) is 0. The molecule has 0 spiro atoms. The third-order valence-electron chi connectivity index (χ3n) is 2.98. The third kappa shape index (κ3) is 5.04. The first-order valence-corrected chi connectivity index (χ1v) is 8.13. The number of nitrogens with one attached hydrogen (secondary N) is 1. The molecule has 7 nitrogen and oxygen atoms in total. The number of carbonyl (C=O) groups excluding carboxylic acids is 2. The van der Waals surface area contributed by atoms with Crippen LogP contribution in [0.4, 0.5) is 5.69 Å². The van der Waals surface area contributed by atoms with E-state index in [1.54, 1.807) is 11.3 Å². The molecule has 0 saturated carbocycles. The van der Waals surface area contributed by atoms with Gasteiger partial charge in [0.25, 0.3) is 11.6 Å². The number of hydrogen-bond donors (Lipinski definition) is 1. The number of esters is 1. The minimum atomic E-state index is -0.974. The Kier molecular flexibility index (Phi) is 6.28. The Morgan fingerprint density at radius 3 is 2.79 bits per heavy atom. The van der Waals surface area contributed by atoms with Crippen LogP contribution in [0, 0.1) is 10.1 Å². The molecule has 24 heavy (non-hydrogen) atoms. The highest BCUT2D eigenvalue weighted by Gasteiger charge is 2.22. The molecule has 1 heterocycles. The van der Waals surface area contributed by atoms with Crippen molar-refractivity contribution in [2.75, 3.05) is 13.2 Å². The summed E-state index contributed by atoms with van der Waals surface area (Å²) in [6.45, 7) is -0.110. The van der Waals surface area contributed by atoms with E-state index in [0.29, 0.717) is 13.0 Å². The largest absolute Gasteiger partial charge is 0.452 e. The summed E-state index contributed by atoms with van der Waals surface area (Å²) in [4.78, 5) is 34.9. The zero-order valence-electron chi connectivity index (χ0n) is 12.4. The minimum Gasteiger partial charge on any atom is -0.452 e. The van der Waals surface area contributed by atoms with Crippen LogP contribution < -0.4 is 5.32 Å². The average Bonchev–Trinajstić information content (AvgIpc) is 3.05. The topological polar surface area (TPSA) is 98.5 Å². The maximum absolute atomic E-state index is 11.9. The van der Waals surface area contributed by atoms with Crippen LogP contribution in [-0.2, 0) is 16.0 Å². The van der Waals surface area contributed by atoms with Gasteiger partial charge in [-0.2, -0.15) is 0 Å². The van der Waals surface area contributed by atoms with E-state index in [2.05, 4.69) is 5.32 Å². The van der Waals surface area contributed by atoms with Crippen molar-refractivity contribution in [3.8, 4) is 0 Å². The summed E-state index contributed by atoms with van der Waals surface area (Å²) in [5, 5.41) is 15.6. The van der Waals surface area contributed by atoms with Crippen molar-refractivity contribution < 1.29 is 19.2 Å². The fraction of sp³-hybridized carbons (Fsp3) is 0.200. The number of thiophene rings is 1. The van der Waals surface area contributed by atoms with E-state index in [0.717, 1.165) is 17.0 Å². The smallest absolute Gasteiger partial charge is 0.345 e. The molecule has 1 aromatic carbocycles. The van der Waals surface area contributed by atoms with E-state index in [4.69, 9.17) is 16.3 Å². The van der Waals surface area contributed by atoms with Gasteiger partial charge in [0.05, 0.1) is 4.92 Å². The summed E-state index contributed by atoms with van der Waals surface area (Å²) >= 11 is 7.32. The number of carbonyl (C=O) groups is 2. The molecule has 126 valence electrons. The van der Waals surface area contributed by atoms with Crippen molar-refractivity contribution >= 4 is 40.5 Å². The molecule has 2 rings (SSSR count). The molecule has 1 aromatic heterocycles. The minimum absolute atomic E-state index is 0.160. The molecular weight excluding hydrogens is 356 g/mol. The van der Waals surface area contributed by atoms with Gasteiger partial charge >= 0.3 is 5.97 Å². The molecule has 0 unspecified atom stereocenters. The number of nitro groups is 1. The van der Waals surface area contributed by atoms with Gasteiger partial charge in [-0.1, -0.05) is 17.7 Å². The maximum Gasteiger partial charge on any atom is 0.345 e. The average molecular weight is 369 g/mol. The summed E-state index contributed by atoms with van der Waals surface area (Å²) in [6.07, 6.45) is 0.678. The Bertz CT molecular complexity index is 748. The van der Waals surface area contributed by atoms with Gasteiger partial charge in [0, 0.05) is 22.5 Å². The molecule has 0 saturated heterocycles. The van der Waals surface area contributed by atoms with Crippen LogP contribution in [0.25, 0.3) is 0 Å². The van der Waals surface area contributed by atoms with Crippen LogP contribution in [0.3, 0.4) is 0 Å². The van der Waals surface area contributed by atoms with Crippen LogP contribution in [-0.4, -0.2) is 30.0 Å². The lowest BCUT2D eigenvalue weighted by molar-refractivity contribution is -0.385. The number of benzene rings is 1. The van der Waals surface area contributed by atoms with E-state index in [1.807, 2.05) is 17.5 Å². The van der Waals surface area contributed by atoms with Crippen LogP contribution in [0.15, 0.2) is 35.7 Å². The van der Waals surface area contributed by atoms with E-state index in [9.17, 15) is 19.7 Å². The van der Waals surface area contributed by atoms with Crippen molar-refractivity contribution in [2.24, 2.45) is 0 Å². The molecule has 0 bridgehead atoms. The van der Waals surface area contributed by atoms with Crippen LogP contribution in [0.1, 0.15) is 15.2 Å².